The number of carbonyl (C=O) groups excluding carboxylic acids is 1. The summed E-state index contributed by atoms with van der Waals surface area (Å²) in [5, 5.41) is 3.44. The SMILES string of the molecule is CCn1c(=O)c(=O)[nH]c2cc(C(=O)N3CC[C@@H]4CNC[C@@H]4CC3)ccc21. The molecule has 1 aromatic heterocycles. The maximum Gasteiger partial charge on any atom is 0.316 e. The third-order valence-corrected chi connectivity index (χ3v) is 5.84. The first kappa shape index (κ1) is 17.0. The highest BCUT2D eigenvalue weighted by atomic mass is 16.2. The molecule has 3 heterocycles. The highest BCUT2D eigenvalue weighted by Gasteiger charge is 2.31. The molecule has 26 heavy (non-hydrogen) atoms. The van der Waals surface area contributed by atoms with Crippen LogP contribution >= 0.6 is 0 Å². The Bertz CT molecular complexity index is 947. The summed E-state index contributed by atoms with van der Waals surface area (Å²) in [5.74, 6) is 1.33. The van der Waals surface area contributed by atoms with E-state index in [-0.39, 0.29) is 5.91 Å². The van der Waals surface area contributed by atoms with Crippen molar-refractivity contribution in [2.24, 2.45) is 11.8 Å². The first-order valence-electron chi connectivity index (χ1n) is 9.35. The normalized spacial score (nSPS) is 23.0. The molecule has 0 aliphatic carbocycles. The lowest BCUT2D eigenvalue weighted by molar-refractivity contribution is 0.0758. The third kappa shape index (κ3) is 2.86. The molecule has 2 aliphatic heterocycles. The van der Waals surface area contributed by atoms with Crippen LogP contribution < -0.4 is 16.4 Å². The van der Waals surface area contributed by atoms with E-state index in [1.165, 1.54) is 4.57 Å². The van der Waals surface area contributed by atoms with Crippen LogP contribution in [-0.4, -0.2) is 46.5 Å². The predicted octanol–water partition coefficient (Wildman–Crippen LogP) is 0.781. The Kier molecular flexibility index (Phi) is 4.40. The molecule has 2 atom stereocenters. The third-order valence-electron chi connectivity index (χ3n) is 5.84. The van der Waals surface area contributed by atoms with Crippen molar-refractivity contribution >= 4 is 16.9 Å². The van der Waals surface area contributed by atoms with Crippen molar-refractivity contribution < 1.29 is 4.79 Å². The number of fused-ring (bicyclic) bond motifs is 2. The van der Waals surface area contributed by atoms with Crippen LogP contribution in [0.2, 0.25) is 0 Å². The van der Waals surface area contributed by atoms with E-state index in [9.17, 15) is 14.4 Å². The number of nitrogens with one attached hydrogen (secondary N) is 2. The van der Waals surface area contributed by atoms with Crippen LogP contribution in [0.3, 0.4) is 0 Å². The van der Waals surface area contributed by atoms with Crippen LogP contribution in [0.5, 0.6) is 0 Å². The van der Waals surface area contributed by atoms with Gasteiger partial charge in [0, 0.05) is 25.2 Å². The first-order chi connectivity index (χ1) is 12.6. The number of aryl methyl sites for hydroxylation is 1. The van der Waals surface area contributed by atoms with Crippen molar-refractivity contribution in [1.29, 1.82) is 0 Å². The lowest BCUT2D eigenvalue weighted by Gasteiger charge is -2.21. The second kappa shape index (κ2) is 6.72. The number of nitrogens with zero attached hydrogens (tertiary/aromatic N) is 2. The molecule has 0 bridgehead atoms. The van der Waals surface area contributed by atoms with Gasteiger partial charge < -0.3 is 19.8 Å². The summed E-state index contributed by atoms with van der Waals surface area (Å²) in [7, 11) is 0. The quantitative estimate of drug-likeness (QED) is 0.779. The van der Waals surface area contributed by atoms with E-state index in [4.69, 9.17) is 0 Å². The van der Waals surface area contributed by atoms with E-state index in [1.807, 2.05) is 11.8 Å². The van der Waals surface area contributed by atoms with Crippen molar-refractivity contribution in [2.45, 2.75) is 26.3 Å². The van der Waals surface area contributed by atoms with Crippen LogP contribution in [-0.2, 0) is 6.54 Å². The summed E-state index contributed by atoms with van der Waals surface area (Å²) >= 11 is 0. The number of H-pyrrole nitrogens is 1. The number of likely N-dealkylation sites (tertiary alicyclic amines) is 1. The molecule has 138 valence electrons. The molecule has 0 saturated carbocycles. The zero-order chi connectivity index (χ0) is 18.3. The molecule has 2 N–H and O–H groups in total. The molecule has 1 aromatic carbocycles. The fraction of sp³-hybridized carbons (Fsp3) is 0.526. The second-order valence-electron chi connectivity index (χ2n) is 7.28. The molecule has 7 nitrogen and oxygen atoms in total. The van der Waals surface area contributed by atoms with Gasteiger partial charge in [-0.15, -0.1) is 0 Å². The molecule has 0 spiro atoms. The Morgan fingerprint density at radius 3 is 2.50 bits per heavy atom. The van der Waals surface area contributed by atoms with Crippen LogP contribution in [0, 0.1) is 11.8 Å². The number of aromatic nitrogens is 2. The molecule has 7 heteroatoms. The lowest BCUT2D eigenvalue weighted by atomic mass is 9.92. The number of aromatic amines is 1. The Labute approximate surface area is 151 Å². The standard InChI is InChI=1S/C19H24N4O3/c1-2-23-16-4-3-12(9-15(16)21-17(24)19(23)26)18(25)22-7-5-13-10-20-11-14(13)6-8-22/h3-4,9,13-14,20H,2,5-8,10-11H2,1H3,(H,21,24)/t13-,14+. The van der Waals surface area contributed by atoms with Crippen molar-refractivity contribution in [3.05, 3.63) is 44.5 Å². The van der Waals surface area contributed by atoms with Gasteiger partial charge in [0.25, 0.3) is 5.91 Å². The van der Waals surface area contributed by atoms with E-state index in [1.54, 1.807) is 18.2 Å². The van der Waals surface area contributed by atoms with Gasteiger partial charge in [0.2, 0.25) is 0 Å². The van der Waals surface area contributed by atoms with Gasteiger partial charge in [0.1, 0.15) is 0 Å². The van der Waals surface area contributed by atoms with Crippen LogP contribution in [0.15, 0.2) is 27.8 Å². The Hall–Kier alpha value is -2.41. The molecule has 2 aliphatic rings. The summed E-state index contributed by atoms with van der Waals surface area (Å²) in [6.07, 6.45) is 2.06. The van der Waals surface area contributed by atoms with Crippen LogP contribution in [0.1, 0.15) is 30.1 Å². The molecular weight excluding hydrogens is 332 g/mol. The summed E-state index contributed by atoms with van der Waals surface area (Å²) < 4.78 is 1.43. The maximum atomic E-state index is 13.0. The van der Waals surface area contributed by atoms with Crippen molar-refractivity contribution in [3.8, 4) is 0 Å². The first-order valence-corrected chi connectivity index (χ1v) is 9.35. The van der Waals surface area contributed by atoms with E-state index in [0.29, 0.717) is 35.0 Å². The summed E-state index contributed by atoms with van der Waals surface area (Å²) in [5.41, 5.74) is 0.508. The summed E-state index contributed by atoms with van der Waals surface area (Å²) in [6.45, 7) is 5.88. The fourth-order valence-corrected chi connectivity index (χ4v) is 4.33. The van der Waals surface area contributed by atoms with E-state index in [0.717, 1.165) is 39.0 Å². The monoisotopic (exact) mass is 356 g/mol. The van der Waals surface area contributed by atoms with Crippen molar-refractivity contribution in [1.82, 2.24) is 19.8 Å². The second-order valence-corrected chi connectivity index (χ2v) is 7.28. The zero-order valence-corrected chi connectivity index (χ0v) is 15.0. The highest BCUT2D eigenvalue weighted by Crippen LogP contribution is 2.27. The average molecular weight is 356 g/mol. The molecular formula is C19H24N4O3. The maximum absolute atomic E-state index is 13.0. The number of benzene rings is 1. The minimum Gasteiger partial charge on any atom is -0.339 e. The van der Waals surface area contributed by atoms with Crippen LogP contribution in [0.4, 0.5) is 0 Å². The average Bonchev–Trinajstić information content (AvgIpc) is 3.00. The van der Waals surface area contributed by atoms with Gasteiger partial charge in [-0.25, -0.2) is 0 Å². The van der Waals surface area contributed by atoms with Crippen molar-refractivity contribution in [3.63, 3.8) is 0 Å². The molecule has 0 unspecified atom stereocenters. The van der Waals surface area contributed by atoms with Gasteiger partial charge in [-0.2, -0.15) is 0 Å². The van der Waals surface area contributed by atoms with Gasteiger partial charge in [0.15, 0.2) is 0 Å². The van der Waals surface area contributed by atoms with Crippen LogP contribution in [0.25, 0.3) is 11.0 Å². The number of hydrogen-bond donors (Lipinski definition) is 2. The number of amides is 1. The summed E-state index contributed by atoms with van der Waals surface area (Å²) in [4.78, 5) is 41.3. The lowest BCUT2D eigenvalue weighted by Crippen LogP contribution is -2.36. The van der Waals surface area contributed by atoms with E-state index < -0.39 is 11.1 Å². The zero-order valence-electron chi connectivity index (χ0n) is 15.0. The predicted molar refractivity (Wildman–Crippen MR) is 99.5 cm³/mol. The van der Waals surface area contributed by atoms with Gasteiger partial charge >= 0.3 is 11.1 Å². The minimum atomic E-state index is -0.654. The van der Waals surface area contributed by atoms with Gasteiger partial charge in [0.05, 0.1) is 11.0 Å². The smallest absolute Gasteiger partial charge is 0.316 e. The summed E-state index contributed by atoms with van der Waals surface area (Å²) in [6, 6.07) is 5.19. The number of rotatable bonds is 2. The molecule has 1 amide bonds. The van der Waals surface area contributed by atoms with E-state index >= 15 is 0 Å². The molecule has 2 saturated heterocycles. The minimum absolute atomic E-state index is 0.00469. The molecule has 0 radical (unpaired) electrons. The number of hydrogen-bond acceptors (Lipinski definition) is 4. The molecule has 4 rings (SSSR count). The van der Waals surface area contributed by atoms with Gasteiger partial charge in [-0.05, 0) is 62.9 Å². The Morgan fingerprint density at radius 2 is 1.85 bits per heavy atom. The van der Waals surface area contributed by atoms with E-state index in [2.05, 4.69) is 10.3 Å². The molecule has 2 aromatic rings. The number of carbonyl (C=O) groups is 1. The van der Waals surface area contributed by atoms with Gasteiger partial charge in [-0.1, -0.05) is 0 Å². The largest absolute Gasteiger partial charge is 0.339 e. The molecule has 2 fully saturated rings. The Morgan fingerprint density at radius 1 is 1.15 bits per heavy atom. The fourth-order valence-electron chi connectivity index (χ4n) is 4.33. The topological polar surface area (TPSA) is 87.2 Å². The highest BCUT2D eigenvalue weighted by molar-refractivity contribution is 5.97. The van der Waals surface area contributed by atoms with Crippen molar-refractivity contribution in [2.75, 3.05) is 26.2 Å². The van der Waals surface area contributed by atoms with Gasteiger partial charge in [-0.3, -0.25) is 14.4 Å². The Balaban J connectivity index is 1.64.